The zero-order chi connectivity index (χ0) is 23.3. The summed E-state index contributed by atoms with van der Waals surface area (Å²) in [5.41, 5.74) is 3.95. The van der Waals surface area contributed by atoms with E-state index in [9.17, 15) is 25.0 Å². The Kier molecular flexibility index (Phi) is 7.84. The van der Waals surface area contributed by atoms with Gasteiger partial charge in [-0.3, -0.25) is 14.8 Å². The fourth-order valence-corrected chi connectivity index (χ4v) is 4.14. The second-order valence-electron chi connectivity index (χ2n) is 8.65. The molecule has 0 aromatic heterocycles. The van der Waals surface area contributed by atoms with Crippen molar-refractivity contribution in [1.82, 2.24) is 16.1 Å². The van der Waals surface area contributed by atoms with Crippen molar-refractivity contribution in [3.05, 3.63) is 65.2 Å². The van der Waals surface area contributed by atoms with Crippen molar-refractivity contribution in [3.63, 3.8) is 0 Å². The number of rotatable bonds is 9. The molecule has 1 aliphatic rings. The summed E-state index contributed by atoms with van der Waals surface area (Å²) in [7, 11) is 0. The van der Waals surface area contributed by atoms with Crippen LogP contribution < -0.4 is 16.1 Å². The number of amides is 2. The Morgan fingerprint density at radius 3 is 2.44 bits per heavy atom. The van der Waals surface area contributed by atoms with E-state index >= 15 is 0 Å². The summed E-state index contributed by atoms with van der Waals surface area (Å²) in [4.78, 5) is 26.0. The summed E-state index contributed by atoms with van der Waals surface area (Å²) in [5.74, 6) is -1.99. The Morgan fingerprint density at radius 1 is 1.06 bits per heavy atom. The van der Waals surface area contributed by atoms with E-state index in [4.69, 9.17) is 0 Å². The van der Waals surface area contributed by atoms with Gasteiger partial charge in [-0.05, 0) is 41.6 Å². The molecular weight excluding hydrogens is 410 g/mol. The first-order valence-electron chi connectivity index (χ1n) is 10.8. The van der Waals surface area contributed by atoms with E-state index in [1.165, 1.54) is 6.07 Å². The lowest BCUT2D eigenvalue weighted by Gasteiger charge is -2.29. The van der Waals surface area contributed by atoms with Crippen LogP contribution in [-0.2, 0) is 22.4 Å². The number of nitrogens with one attached hydrogen (secondary N) is 3. The zero-order valence-corrected chi connectivity index (χ0v) is 18.3. The minimum Gasteiger partial charge on any atom is -0.508 e. The molecule has 2 amide bonds. The highest BCUT2D eigenvalue weighted by Gasteiger charge is 2.38. The number of phenolic OH excluding ortho intramolecular Hbond substituents is 1. The third kappa shape index (κ3) is 5.45. The van der Waals surface area contributed by atoms with Gasteiger partial charge in [-0.2, -0.15) is 0 Å². The number of hydrogen-bond donors (Lipinski definition) is 6. The SMILES string of the molecule is CC(C)CN[C@@H](C(=O)N[C@H]1c2ccccc2C[C@H]1O)[C@H](Cc1ccccc1O)C(=O)NO. The minimum atomic E-state index is -0.999. The standard InChI is InChI=1S/C24H31N3O5/c1-14(2)13-25-22(18(23(30)27-32)11-16-8-4-6-10-19(16)28)24(31)26-21-17-9-5-3-7-15(17)12-20(21)29/h3-10,14,18,20-22,25,28-29,32H,11-13H2,1-2H3,(H,26,31)(H,27,30)/t18-,20+,21-,22+/m0/s1. The molecule has 0 heterocycles. The smallest absolute Gasteiger partial charge is 0.248 e. The molecule has 8 heteroatoms. The highest BCUT2D eigenvalue weighted by atomic mass is 16.5. The number of para-hydroxylation sites is 1. The molecule has 0 saturated heterocycles. The Labute approximate surface area is 187 Å². The monoisotopic (exact) mass is 441 g/mol. The van der Waals surface area contributed by atoms with Crippen LogP contribution in [0.2, 0.25) is 0 Å². The van der Waals surface area contributed by atoms with Gasteiger partial charge in [0.1, 0.15) is 5.75 Å². The number of carbonyl (C=O) groups excluding carboxylic acids is 2. The molecule has 1 aliphatic carbocycles. The Hall–Kier alpha value is -2.94. The first-order chi connectivity index (χ1) is 15.3. The lowest BCUT2D eigenvalue weighted by Crippen LogP contribution is -2.55. The minimum absolute atomic E-state index is 0.00593. The van der Waals surface area contributed by atoms with Gasteiger partial charge in [-0.1, -0.05) is 56.3 Å². The van der Waals surface area contributed by atoms with E-state index in [2.05, 4.69) is 10.6 Å². The second-order valence-corrected chi connectivity index (χ2v) is 8.65. The van der Waals surface area contributed by atoms with Crippen molar-refractivity contribution in [2.24, 2.45) is 11.8 Å². The number of hydroxylamine groups is 1. The first kappa shape index (κ1) is 23.7. The zero-order valence-electron chi connectivity index (χ0n) is 18.3. The molecule has 0 aliphatic heterocycles. The maximum atomic E-state index is 13.4. The van der Waals surface area contributed by atoms with Crippen LogP contribution >= 0.6 is 0 Å². The van der Waals surface area contributed by atoms with Crippen molar-refractivity contribution in [2.75, 3.05) is 6.54 Å². The molecule has 32 heavy (non-hydrogen) atoms. The summed E-state index contributed by atoms with van der Waals surface area (Å²) < 4.78 is 0. The topological polar surface area (TPSA) is 131 Å². The van der Waals surface area contributed by atoms with E-state index in [1.807, 2.05) is 38.1 Å². The molecule has 8 nitrogen and oxygen atoms in total. The largest absolute Gasteiger partial charge is 0.508 e. The quantitative estimate of drug-likeness (QED) is 0.258. The maximum Gasteiger partial charge on any atom is 0.248 e. The highest BCUT2D eigenvalue weighted by Crippen LogP contribution is 2.31. The molecule has 0 spiro atoms. The average Bonchev–Trinajstić information content (AvgIpc) is 3.08. The van der Waals surface area contributed by atoms with Crippen molar-refractivity contribution in [2.45, 2.75) is 44.9 Å². The number of benzene rings is 2. The van der Waals surface area contributed by atoms with Crippen LogP contribution in [0.1, 0.15) is 36.6 Å². The maximum absolute atomic E-state index is 13.4. The Bertz CT molecular complexity index is 949. The van der Waals surface area contributed by atoms with Crippen molar-refractivity contribution < 1.29 is 25.0 Å². The van der Waals surface area contributed by atoms with Crippen LogP contribution in [0.15, 0.2) is 48.5 Å². The molecule has 0 unspecified atom stereocenters. The molecular formula is C24H31N3O5. The van der Waals surface area contributed by atoms with Gasteiger partial charge < -0.3 is 20.8 Å². The summed E-state index contributed by atoms with van der Waals surface area (Å²) in [5, 5.41) is 36.1. The fourth-order valence-electron chi connectivity index (χ4n) is 4.14. The van der Waals surface area contributed by atoms with Crippen molar-refractivity contribution in [3.8, 4) is 5.75 Å². The van der Waals surface area contributed by atoms with E-state index in [0.29, 0.717) is 18.5 Å². The summed E-state index contributed by atoms with van der Waals surface area (Å²) >= 11 is 0. The molecule has 172 valence electrons. The summed E-state index contributed by atoms with van der Waals surface area (Å²) in [6, 6.07) is 12.5. The van der Waals surface area contributed by atoms with E-state index in [0.717, 1.165) is 11.1 Å². The number of aromatic hydroxyl groups is 1. The molecule has 6 N–H and O–H groups in total. The van der Waals surface area contributed by atoms with Crippen LogP contribution in [0.4, 0.5) is 0 Å². The predicted molar refractivity (Wildman–Crippen MR) is 119 cm³/mol. The van der Waals surface area contributed by atoms with E-state index in [-0.39, 0.29) is 18.1 Å². The van der Waals surface area contributed by atoms with Gasteiger partial charge >= 0.3 is 0 Å². The third-order valence-electron chi connectivity index (χ3n) is 5.81. The number of carbonyl (C=O) groups is 2. The Morgan fingerprint density at radius 2 is 1.75 bits per heavy atom. The molecule has 3 rings (SSSR count). The summed E-state index contributed by atoms with van der Waals surface area (Å²) in [6.07, 6.45) is -0.305. The van der Waals surface area contributed by atoms with Gasteiger partial charge in [0.15, 0.2) is 0 Å². The van der Waals surface area contributed by atoms with Crippen LogP contribution in [0.25, 0.3) is 0 Å². The van der Waals surface area contributed by atoms with E-state index in [1.54, 1.807) is 23.7 Å². The van der Waals surface area contributed by atoms with Crippen LogP contribution in [0.5, 0.6) is 5.75 Å². The lowest BCUT2D eigenvalue weighted by atomic mass is 9.89. The van der Waals surface area contributed by atoms with Gasteiger partial charge in [0.25, 0.3) is 0 Å². The Balaban J connectivity index is 1.88. The number of aliphatic hydroxyl groups is 1. The highest BCUT2D eigenvalue weighted by molar-refractivity contribution is 5.90. The molecule has 2 aromatic rings. The molecule has 4 atom stereocenters. The van der Waals surface area contributed by atoms with Crippen LogP contribution in [0.3, 0.4) is 0 Å². The van der Waals surface area contributed by atoms with Gasteiger partial charge in [0, 0.05) is 6.42 Å². The fraction of sp³-hybridized carbons (Fsp3) is 0.417. The van der Waals surface area contributed by atoms with Gasteiger partial charge in [-0.15, -0.1) is 0 Å². The van der Waals surface area contributed by atoms with Crippen molar-refractivity contribution in [1.29, 1.82) is 0 Å². The van der Waals surface area contributed by atoms with E-state index < -0.39 is 35.9 Å². The van der Waals surface area contributed by atoms with Crippen molar-refractivity contribution >= 4 is 11.8 Å². The first-order valence-corrected chi connectivity index (χ1v) is 10.8. The molecule has 2 aromatic carbocycles. The van der Waals surface area contributed by atoms with Gasteiger partial charge in [0.2, 0.25) is 11.8 Å². The molecule has 0 fully saturated rings. The predicted octanol–water partition coefficient (Wildman–Crippen LogP) is 1.44. The number of hydrogen-bond acceptors (Lipinski definition) is 6. The lowest BCUT2D eigenvalue weighted by molar-refractivity contribution is -0.138. The molecule has 0 bridgehead atoms. The van der Waals surface area contributed by atoms with Crippen LogP contribution in [-0.4, -0.2) is 45.9 Å². The average molecular weight is 442 g/mol. The van der Waals surface area contributed by atoms with Crippen LogP contribution in [0, 0.1) is 11.8 Å². The number of phenols is 1. The normalized spacial score (nSPS) is 19.3. The second kappa shape index (κ2) is 10.6. The molecule has 0 saturated carbocycles. The molecule has 0 radical (unpaired) electrons. The summed E-state index contributed by atoms with van der Waals surface area (Å²) in [6.45, 7) is 4.41. The number of aliphatic hydroxyl groups excluding tert-OH is 1. The van der Waals surface area contributed by atoms with Gasteiger partial charge in [0.05, 0.1) is 24.1 Å². The van der Waals surface area contributed by atoms with Gasteiger partial charge in [-0.25, -0.2) is 5.48 Å². The third-order valence-corrected chi connectivity index (χ3v) is 5.81. The number of fused-ring (bicyclic) bond motifs is 1.